The number of hydrogen-bond acceptors (Lipinski definition) is 2. The van der Waals surface area contributed by atoms with Gasteiger partial charge in [0.05, 0.1) is 0 Å². The van der Waals surface area contributed by atoms with Crippen molar-refractivity contribution in [3.63, 3.8) is 0 Å². The Kier molecular flexibility index (Phi) is 6.03. The first-order valence-electron chi connectivity index (χ1n) is 3.61. The molecule has 0 saturated carbocycles. The van der Waals surface area contributed by atoms with E-state index in [1.165, 1.54) is 0 Å². The van der Waals surface area contributed by atoms with E-state index < -0.39 is 0 Å². The molecule has 0 aromatic carbocycles. The number of quaternary nitrogens is 1. The molecule has 0 unspecified atom stereocenters. The fraction of sp³-hybridized carbons (Fsp3) is 0.625. The van der Waals surface area contributed by atoms with Crippen LogP contribution in [0.2, 0.25) is 0 Å². The molecule has 0 bridgehead atoms. The first-order valence-corrected chi connectivity index (χ1v) is 3.61. The molecule has 0 aliphatic carbocycles. The molecule has 0 aliphatic rings. The Labute approximate surface area is 80.0 Å². The molecule has 0 atom stereocenters. The van der Waals surface area contributed by atoms with E-state index in [0.717, 1.165) is 6.54 Å². The maximum Gasteiger partial charge on any atom is 0.392 e. The van der Waals surface area contributed by atoms with Gasteiger partial charge in [-0.1, -0.05) is 6.58 Å². The van der Waals surface area contributed by atoms with Crippen molar-refractivity contribution in [3.05, 3.63) is 12.2 Å². The first-order chi connectivity index (χ1) is 4.89. The second-order valence-corrected chi connectivity index (χ2v) is 3.05. The summed E-state index contributed by atoms with van der Waals surface area (Å²) in [5, 5.41) is 0. The summed E-state index contributed by atoms with van der Waals surface area (Å²) in [5.41, 5.74) is 0.435. The van der Waals surface area contributed by atoms with Crippen LogP contribution >= 0.6 is 12.4 Å². The first kappa shape index (κ1) is 14.0. The van der Waals surface area contributed by atoms with E-state index >= 15 is 0 Å². The van der Waals surface area contributed by atoms with Crippen molar-refractivity contribution in [1.29, 1.82) is 0 Å². The molecule has 4 heteroatoms. The largest absolute Gasteiger partial charge is 0.392 e. The SMILES string of the molecule is C=C(C)C(=O)O[N+](C)(C)CC.Cl. The maximum atomic E-state index is 11.0. The Balaban J connectivity index is 0. The fourth-order valence-corrected chi connectivity index (χ4v) is 0.367. The molecule has 3 nitrogen and oxygen atoms in total. The number of carbonyl (C=O) groups is 1. The van der Waals surface area contributed by atoms with Gasteiger partial charge >= 0.3 is 5.97 Å². The minimum Gasteiger partial charge on any atom is -0.272 e. The van der Waals surface area contributed by atoms with Crippen molar-refractivity contribution in [1.82, 2.24) is 0 Å². The fourth-order valence-electron chi connectivity index (χ4n) is 0.367. The summed E-state index contributed by atoms with van der Waals surface area (Å²) in [6, 6.07) is 0. The van der Waals surface area contributed by atoms with Crippen LogP contribution in [0.1, 0.15) is 13.8 Å². The molecule has 0 amide bonds. The minimum absolute atomic E-state index is 0. The molecule has 0 N–H and O–H groups in total. The van der Waals surface area contributed by atoms with Gasteiger partial charge in [-0.25, -0.2) is 4.79 Å². The topological polar surface area (TPSA) is 26.3 Å². The van der Waals surface area contributed by atoms with E-state index in [0.29, 0.717) is 5.57 Å². The van der Waals surface area contributed by atoms with Gasteiger partial charge in [0, 0.05) is 5.57 Å². The highest BCUT2D eigenvalue weighted by molar-refractivity contribution is 5.86. The minimum atomic E-state index is -0.336. The van der Waals surface area contributed by atoms with Crippen LogP contribution in [0.15, 0.2) is 12.2 Å². The molecule has 0 rings (SSSR count). The summed E-state index contributed by atoms with van der Waals surface area (Å²) in [4.78, 5) is 16.0. The number of carbonyl (C=O) groups excluding carboxylic acids is 1. The predicted molar refractivity (Wildman–Crippen MR) is 50.8 cm³/mol. The number of hydrogen-bond donors (Lipinski definition) is 0. The Hall–Kier alpha value is -0.540. The highest BCUT2D eigenvalue weighted by atomic mass is 35.5. The van der Waals surface area contributed by atoms with Gasteiger partial charge in [0.25, 0.3) is 0 Å². The second kappa shape index (κ2) is 5.17. The monoisotopic (exact) mass is 194 g/mol. The summed E-state index contributed by atoms with van der Waals surface area (Å²) in [7, 11) is 3.64. The second-order valence-electron chi connectivity index (χ2n) is 3.05. The molecule has 0 aromatic heterocycles. The lowest BCUT2D eigenvalue weighted by molar-refractivity contribution is -1.06. The van der Waals surface area contributed by atoms with Gasteiger partial charge in [-0.05, 0) is 13.8 Å². The van der Waals surface area contributed by atoms with Gasteiger partial charge in [-0.3, -0.25) is 4.84 Å². The van der Waals surface area contributed by atoms with E-state index in [-0.39, 0.29) is 23.0 Å². The van der Waals surface area contributed by atoms with E-state index in [2.05, 4.69) is 6.58 Å². The summed E-state index contributed by atoms with van der Waals surface area (Å²) in [6.45, 7) is 7.82. The molecule has 0 radical (unpaired) electrons. The molecular formula is C8H17ClNO2+. The van der Waals surface area contributed by atoms with Crippen LogP contribution in [-0.4, -0.2) is 31.3 Å². The summed E-state index contributed by atoms with van der Waals surface area (Å²) >= 11 is 0. The molecule has 72 valence electrons. The van der Waals surface area contributed by atoms with Gasteiger partial charge in [0.2, 0.25) is 0 Å². The molecule has 0 aliphatic heterocycles. The molecule has 0 saturated heterocycles. The molecule has 12 heavy (non-hydrogen) atoms. The van der Waals surface area contributed by atoms with Crippen LogP contribution in [-0.2, 0) is 9.63 Å². The van der Waals surface area contributed by atoms with E-state index in [9.17, 15) is 4.79 Å². The van der Waals surface area contributed by atoms with Crippen LogP contribution in [0.25, 0.3) is 0 Å². The van der Waals surface area contributed by atoms with Gasteiger partial charge in [0.15, 0.2) is 0 Å². The highest BCUT2D eigenvalue weighted by Crippen LogP contribution is 2.02. The predicted octanol–water partition coefficient (Wildman–Crippen LogP) is 1.54. The Morgan fingerprint density at radius 2 is 1.92 bits per heavy atom. The highest BCUT2D eigenvalue weighted by Gasteiger charge is 2.19. The lowest BCUT2D eigenvalue weighted by Crippen LogP contribution is -2.41. The van der Waals surface area contributed by atoms with Gasteiger partial charge in [0.1, 0.15) is 20.6 Å². The number of nitrogens with zero attached hydrogens (tertiary/aromatic N) is 1. The van der Waals surface area contributed by atoms with Gasteiger partial charge in [-0.2, -0.15) is 0 Å². The molecule has 0 heterocycles. The van der Waals surface area contributed by atoms with Crippen LogP contribution in [0, 0.1) is 0 Å². The van der Waals surface area contributed by atoms with E-state index in [1.54, 1.807) is 6.92 Å². The van der Waals surface area contributed by atoms with Gasteiger partial charge in [-0.15, -0.1) is 17.1 Å². The van der Waals surface area contributed by atoms with Crippen LogP contribution in [0.4, 0.5) is 0 Å². The Morgan fingerprint density at radius 1 is 1.50 bits per heavy atom. The Bertz CT molecular complexity index is 178. The van der Waals surface area contributed by atoms with Crippen LogP contribution in [0.5, 0.6) is 0 Å². The maximum absolute atomic E-state index is 11.0. The number of halogens is 1. The standard InChI is InChI=1S/C8H16NO2.ClH/c1-6-9(4,5)11-8(10)7(2)3;/h2,6H2,1,3-5H3;1H/q+1;. The normalized spacial score (nSPS) is 10.0. The third kappa shape index (κ3) is 5.16. The average Bonchev–Trinajstić information content (AvgIpc) is 1.87. The zero-order valence-corrected chi connectivity index (χ0v) is 8.90. The molecular weight excluding hydrogens is 178 g/mol. The summed E-state index contributed by atoms with van der Waals surface area (Å²) < 4.78 is 0.242. The van der Waals surface area contributed by atoms with Crippen LogP contribution < -0.4 is 0 Å². The number of rotatable bonds is 3. The summed E-state index contributed by atoms with van der Waals surface area (Å²) in [5.74, 6) is -0.336. The Morgan fingerprint density at radius 3 is 2.17 bits per heavy atom. The van der Waals surface area contributed by atoms with Crippen molar-refractivity contribution in [2.45, 2.75) is 13.8 Å². The van der Waals surface area contributed by atoms with Crippen molar-refractivity contribution < 1.29 is 14.3 Å². The van der Waals surface area contributed by atoms with Crippen LogP contribution in [0.3, 0.4) is 0 Å². The third-order valence-corrected chi connectivity index (χ3v) is 1.44. The molecule has 0 aromatic rings. The van der Waals surface area contributed by atoms with E-state index in [4.69, 9.17) is 4.84 Å². The quantitative estimate of drug-likeness (QED) is 0.387. The smallest absolute Gasteiger partial charge is 0.272 e. The lowest BCUT2D eigenvalue weighted by Gasteiger charge is -2.23. The van der Waals surface area contributed by atoms with Crippen molar-refractivity contribution in [3.8, 4) is 0 Å². The van der Waals surface area contributed by atoms with Crippen molar-refractivity contribution >= 4 is 18.4 Å². The lowest BCUT2D eigenvalue weighted by atomic mass is 10.4. The number of hydroxylamine groups is 3. The summed E-state index contributed by atoms with van der Waals surface area (Å²) in [6.07, 6.45) is 0. The molecule has 0 fully saturated rings. The zero-order valence-electron chi connectivity index (χ0n) is 8.09. The van der Waals surface area contributed by atoms with Crippen molar-refractivity contribution in [2.24, 2.45) is 0 Å². The molecule has 0 spiro atoms. The van der Waals surface area contributed by atoms with Crippen molar-refractivity contribution in [2.75, 3.05) is 20.6 Å². The van der Waals surface area contributed by atoms with E-state index in [1.807, 2.05) is 21.0 Å². The zero-order chi connectivity index (χ0) is 9.07. The van der Waals surface area contributed by atoms with Gasteiger partial charge < -0.3 is 0 Å². The average molecular weight is 195 g/mol. The third-order valence-electron chi connectivity index (χ3n) is 1.44.